The third-order valence-electron chi connectivity index (χ3n) is 4.28. The van der Waals surface area contributed by atoms with Gasteiger partial charge in [0, 0.05) is 20.1 Å². The van der Waals surface area contributed by atoms with Crippen molar-refractivity contribution in [1.82, 2.24) is 0 Å². The maximum Gasteiger partial charge on any atom is 0.189 e. The third-order valence-corrected chi connectivity index (χ3v) is 4.28. The lowest BCUT2D eigenvalue weighted by atomic mass is 10.1. The Morgan fingerprint density at radius 3 is 1.55 bits per heavy atom. The molecule has 0 amide bonds. The van der Waals surface area contributed by atoms with E-state index in [1.165, 1.54) is 0 Å². The number of halogens is 4. The van der Waals surface area contributed by atoms with Crippen LogP contribution in [0.4, 0.5) is 17.6 Å². The van der Waals surface area contributed by atoms with Gasteiger partial charge < -0.3 is 19.0 Å². The highest BCUT2D eigenvalue weighted by Crippen LogP contribution is 2.49. The number of rotatable bonds is 7. The predicted octanol–water partition coefficient (Wildman–Crippen LogP) is 5.47. The summed E-state index contributed by atoms with van der Waals surface area (Å²) in [6.45, 7) is 10.2. The molecule has 1 aliphatic rings. The van der Waals surface area contributed by atoms with Gasteiger partial charge in [0.15, 0.2) is 29.0 Å². The summed E-state index contributed by atoms with van der Waals surface area (Å²) < 4.78 is 66.9. The Balaban J connectivity index is 0. The van der Waals surface area contributed by atoms with E-state index in [9.17, 15) is 22.4 Å². The van der Waals surface area contributed by atoms with Gasteiger partial charge in [0.1, 0.15) is 12.4 Å². The summed E-state index contributed by atoms with van der Waals surface area (Å²) in [6, 6.07) is 1.78. The van der Waals surface area contributed by atoms with Crippen LogP contribution in [0.5, 0.6) is 0 Å². The maximum atomic E-state index is 13.3. The van der Waals surface area contributed by atoms with Crippen LogP contribution in [-0.4, -0.2) is 26.6 Å². The van der Waals surface area contributed by atoms with Gasteiger partial charge in [-0.25, -0.2) is 17.6 Å². The minimum Gasteiger partial charge on any atom is -0.481 e. The fourth-order valence-electron chi connectivity index (χ4n) is 2.32. The molecule has 0 heterocycles. The largest absolute Gasteiger partial charge is 0.481 e. The molecule has 0 saturated heterocycles. The molecule has 1 aromatic rings. The molecule has 5 nitrogen and oxygen atoms in total. The Morgan fingerprint density at radius 2 is 1.42 bits per heavy atom. The summed E-state index contributed by atoms with van der Waals surface area (Å²) in [5.41, 5.74) is -1.18. The van der Waals surface area contributed by atoms with Crippen molar-refractivity contribution >= 4 is 6.29 Å². The standard InChI is InChI=1S/C10H10F4O2.C6H9NO.C6H10O.C2H2/c1-15-3-5-7(11)9(13)6(4-16-2)10(14)8(5)12;1-5(2)8-6(3)4-7;1-6(2)3-5(6)4-7;1-2/h3-4H2,1-2H3;5H,3H2,1-2H3;4-5H,3H2,1-2H3;1-2H/t;;5-;/m..0./s1. The Kier molecular flexibility index (Phi) is 15.5. The van der Waals surface area contributed by atoms with Crippen LogP contribution in [-0.2, 0) is 32.2 Å². The number of nitrogens with zero attached hydrogens (tertiary/aromatic N) is 1. The highest BCUT2D eigenvalue weighted by atomic mass is 19.2. The highest BCUT2D eigenvalue weighted by Gasteiger charge is 2.45. The molecule has 0 N–H and O–H groups in total. The molecule has 0 unspecified atom stereocenters. The van der Waals surface area contributed by atoms with Crippen molar-refractivity contribution < 1.29 is 36.6 Å². The van der Waals surface area contributed by atoms with Crippen LogP contribution in [0.3, 0.4) is 0 Å². The molecule has 2 rings (SSSR count). The summed E-state index contributed by atoms with van der Waals surface area (Å²) in [5, 5.41) is 8.11. The van der Waals surface area contributed by atoms with Crippen LogP contribution < -0.4 is 0 Å². The van der Waals surface area contributed by atoms with Crippen molar-refractivity contribution in [3.05, 3.63) is 46.7 Å². The summed E-state index contributed by atoms with van der Waals surface area (Å²) >= 11 is 0. The van der Waals surface area contributed by atoms with E-state index in [1.807, 2.05) is 13.8 Å². The van der Waals surface area contributed by atoms with E-state index >= 15 is 0 Å². The van der Waals surface area contributed by atoms with Crippen LogP contribution >= 0.6 is 0 Å². The Hall–Kier alpha value is -2.88. The van der Waals surface area contributed by atoms with Gasteiger partial charge in [-0.2, -0.15) is 5.26 Å². The number of methoxy groups -OCH3 is 2. The average molecular weight is 474 g/mol. The molecule has 9 heteroatoms. The highest BCUT2D eigenvalue weighted by molar-refractivity contribution is 5.59. The molecule has 0 aliphatic heterocycles. The van der Waals surface area contributed by atoms with E-state index in [2.05, 4.69) is 42.7 Å². The fraction of sp³-hybridized carbons (Fsp3) is 0.500. The molecule has 0 bridgehead atoms. The number of benzene rings is 1. The SMILES string of the molecule is C#C.C=C(C#N)OC(C)C.CC1(C)C[C@H]1C=O.COCc1c(F)c(F)c(COC)c(F)c1F. The molecule has 1 atom stereocenters. The van der Waals surface area contributed by atoms with E-state index in [-0.39, 0.29) is 11.9 Å². The molecule has 1 aliphatic carbocycles. The summed E-state index contributed by atoms with van der Waals surface area (Å²) in [6.07, 6.45) is 10.2. The summed E-state index contributed by atoms with van der Waals surface area (Å²) in [5.74, 6) is -5.26. The van der Waals surface area contributed by atoms with E-state index in [1.54, 1.807) is 6.07 Å². The predicted molar refractivity (Wildman–Crippen MR) is 117 cm³/mol. The van der Waals surface area contributed by atoms with E-state index in [0.717, 1.165) is 26.9 Å². The van der Waals surface area contributed by atoms with Gasteiger partial charge >= 0.3 is 0 Å². The average Bonchev–Trinajstić information content (AvgIpc) is 3.41. The minimum absolute atomic E-state index is 0.0575. The first-order valence-corrected chi connectivity index (χ1v) is 9.73. The zero-order chi connectivity index (χ0) is 26.4. The van der Waals surface area contributed by atoms with Gasteiger partial charge in [-0.1, -0.05) is 13.8 Å². The molecule has 1 fully saturated rings. The van der Waals surface area contributed by atoms with Crippen molar-refractivity contribution in [2.75, 3.05) is 14.2 Å². The molecular formula is C24H31F4NO4. The second-order valence-corrected chi connectivity index (χ2v) is 7.72. The molecule has 1 aromatic carbocycles. The molecule has 0 spiro atoms. The molecule has 0 aromatic heterocycles. The first-order valence-electron chi connectivity index (χ1n) is 9.73. The van der Waals surface area contributed by atoms with Gasteiger partial charge in [-0.15, -0.1) is 12.8 Å². The monoisotopic (exact) mass is 473 g/mol. The van der Waals surface area contributed by atoms with Gasteiger partial charge in [0.25, 0.3) is 0 Å². The maximum absolute atomic E-state index is 13.3. The van der Waals surface area contributed by atoms with Gasteiger partial charge in [-0.05, 0) is 32.3 Å². The molecule has 184 valence electrons. The number of terminal acetylenes is 1. The molecule has 1 saturated carbocycles. The number of hydrogen-bond donors (Lipinski definition) is 0. The van der Waals surface area contributed by atoms with Crippen LogP contribution in [0.2, 0.25) is 0 Å². The number of carbonyl (C=O) groups is 1. The zero-order valence-corrected chi connectivity index (χ0v) is 19.8. The number of hydrogen-bond acceptors (Lipinski definition) is 5. The van der Waals surface area contributed by atoms with Crippen molar-refractivity contribution in [3.8, 4) is 18.9 Å². The third kappa shape index (κ3) is 11.0. The first kappa shape index (κ1) is 32.3. The van der Waals surface area contributed by atoms with E-state index in [4.69, 9.17) is 10.00 Å². The van der Waals surface area contributed by atoms with Gasteiger partial charge in [-0.3, -0.25) is 0 Å². The lowest BCUT2D eigenvalue weighted by Gasteiger charge is -2.10. The first-order chi connectivity index (χ1) is 15.4. The van der Waals surface area contributed by atoms with Gasteiger partial charge in [0.05, 0.1) is 30.4 Å². The lowest BCUT2D eigenvalue weighted by Crippen LogP contribution is -2.10. The van der Waals surface area contributed by atoms with Crippen molar-refractivity contribution in [1.29, 1.82) is 5.26 Å². The number of aldehydes is 1. The van der Waals surface area contributed by atoms with Gasteiger partial charge in [0.2, 0.25) is 0 Å². The van der Waals surface area contributed by atoms with Crippen LogP contribution in [0, 0.1) is 58.8 Å². The zero-order valence-electron chi connectivity index (χ0n) is 19.8. The molecular weight excluding hydrogens is 442 g/mol. The van der Waals surface area contributed by atoms with Crippen LogP contribution in [0.25, 0.3) is 0 Å². The second-order valence-electron chi connectivity index (χ2n) is 7.72. The van der Waals surface area contributed by atoms with E-state index in [0.29, 0.717) is 11.3 Å². The number of ether oxygens (including phenoxy) is 3. The van der Waals surface area contributed by atoms with E-state index < -0.39 is 47.6 Å². The molecule has 0 radical (unpaired) electrons. The van der Waals surface area contributed by atoms with Crippen molar-refractivity contribution in [2.45, 2.75) is 53.4 Å². The van der Waals surface area contributed by atoms with Crippen LogP contribution in [0.15, 0.2) is 12.3 Å². The Labute approximate surface area is 193 Å². The smallest absolute Gasteiger partial charge is 0.189 e. The quantitative estimate of drug-likeness (QED) is 0.131. The summed E-state index contributed by atoms with van der Waals surface area (Å²) in [4.78, 5) is 9.98. The number of carbonyl (C=O) groups excluding carboxylic acids is 1. The topological polar surface area (TPSA) is 68.5 Å². The number of nitriles is 1. The van der Waals surface area contributed by atoms with Crippen LogP contribution in [0.1, 0.15) is 45.2 Å². The lowest BCUT2D eigenvalue weighted by molar-refractivity contribution is -0.109. The molecule has 33 heavy (non-hydrogen) atoms. The number of allylic oxidation sites excluding steroid dienone is 1. The van der Waals surface area contributed by atoms with Crippen molar-refractivity contribution in [2.24, 2.45) is 11.3 Å². The minimum atomic E-state index is -1.45. The fourth-order valence-corrected chi connectivity index (χ4v) is 2.32. The second kappa shape index (κ2) is 15.8. The Morgan fingerprint density at radius 1 is 1.09 bits per heavy atom. The van der Waals surface area contributed by atoms with Crippen molar-refractivity contribution in [3.63, 3.8) is 0 Å². The normalized spacial score (nSPS) is 14.7. The Bertz CT molecular complexity index is 779. The summed E-state index contributed by atoms with van der Waals surface area (Å²) in [7, 11) is 2.33.